The maximum atomic E-state index is 10.8. The van der Waals surface area contributed by atoms with E-state index in [4.69, 9.17) is 0 Å². The smallest absolute Gasteiger partial charge is 0.269 e. The molecule has 3 rings (SSSR count). The topological polar surface area (TPSA) is 71.3 Å². The van der Waals surface area contributed by atoms with Gasteiger partial charge in [-0.1, -0.05) is 18.2 Å². The number of aromatic nitrogens is 1. The van der Waals surface area contributed by atoms with Crippen LogP contribution in [0.4, 0.5) is 11.5 Å². The fourth-order valence-corrected chi connectivity index (χ4v) is 2.72. The molecule has 1 aliphatic rings. The van der Waals surface area contributed by atoms with Crippen molar-refractivity contribution in [3.8, 4) is 0 Å². The number of benzene rings is 1. The van der Waals surface area contributed by atoms with Gasteiger partial charge in [0.15, 0.2) is 0 Å². The lowest BCUT2D eigenvalue weighted by Crippen LogP contribution is -2.32. The standard InChI is InChI=1S/C16H18N4O2/c21-20(22)15-5-3-4-13(10-15)11-18-14-7-9-19(12-14)16-6-1-2-8-17-16/h1-6,8,10,14,18H,7,9,11-12H2. The molecule has 114 valence electrons. The van der Waals surface area contributed by atoms with Crippen LogP contribution in [-0.4, -0.2) is 29.0 Å². The van der Waals surface area contributed by atoms with Crippen LogP contribution in [0.2, 0.25) is 0 Å². The third-order valence-corrected chi connectivity index (χ3v) is 3.88. The van der Waals surface area contributed by atoms with Crippen molar-refractivity contribution in [3.63, 3.8) is 0 Å². The molecule has 0 amide bonds. The maximum absolute atomic E-state index is 10.8. The lowest BCUT2D eigenvalue weighted by atomic mass is 10.2. The van der Waals surface area contributed by atoms with Crippen LogP contribution in [0.5, 0.6) is 0 Å². The Bertz CT molecular complexity index is 648. The second-order valence-corrected chi connectivity index (χ2v) is 5.43. The molecule has 0 aliphatic carbocycles. The van der Waals surface area contributed by atoms with Gasteiger partial charge in [0.1, 0.15) is 5.82 Å². The van der Waals surface area contributed by atoms with E-state index >= 15 is 0 Å². The van der Waals surface area contributed by atoms with E-state index in [2.05, 4.69) is 15.2 Å². The van der Waals surface area contributed by atoms with Gasteiger partial charge < -0.3 is 10.2 Å². The zero-order valence-electron chi connectivity index (χ0n) is 12.2. The quantitative estimate of drug-likeness (QED) is 0.677. The minimum Gasteiger partial charge on any atom is -0.355 e. The average Bonchev–Trinajstić information content (AvgIpc) is 3.03. The van der Waals surface area contributed by atoms with Gasteiger partial charge in [0, 0.05) is 44.0 Å². The minimum absolute atomic E-state index is 0.140. The highest BCUT2D eigenvalue weighted by Crippen LogP contribution is 2.18. The molecule has 1 aromatic heterocycles. The van der Waals surface area contributed by atoms with E-state index in [1.807, 2.05) is 24.3 Å². The van der Waals surface area contributed by atoms with Crippen LogP contribution in [0.1, 0.15) is 12.0 Å². The normalized spacial score (nSPS) is 17.6. The summed E-state index contributed by atoms with van der Waals surface area (Å²) in [6.45, 7) is 2.53. The van der Waals surface area contributed by atoms with Gasteiger partial charge in [-0.3, -0.25) is 10.1 Å². The summed E-state index contributed by atoms with van der Waals surface area (Å²) in [4.78, 5) is 17.0. The van der Waals surface area contributed by atoms with E-state index < -0.39 is 0 Å². The molecule has 1 saturated heterocycles. The first kappa shape index (κ1) is 14.5. The van der Waals surface area contributed by atoms with Crippen LogP contribution in [-0.2, 0) is 6.54 Å². The molecule has 0 saturated carbocycles. The summed E-state index contributed by atoms with van der Waals surface area (Å²) in [5.41, 5.74) is 1.08. The van der Waals surface area contributed by atoms with Crippen molar-refractivity contribution in [2.24, 2.45) is 0 Å². The SMILES string of the molecule is O=[N+]([O-])c1cccc(CNC2CCN(c3ccccn3)C2)c1. The van der Waals surface area contributed by atoms with Crippen molar-refractivity contribution in [2.45, 2.75) is 19.0 Å². The third kappa shape index (κ3) is 3.40. The highest BCUT2D eigenvalue weighted by Gasteiger charge is 2.22. The summed E-state index contributed by atoms with van der Waals surface area (Å²) < 4.78 is 0. The van der Waals surface area contributed by atoms with Gasteiger partial charge in [-0.05, 0) is 24.1 Å². The highest BCUT2D eigenvalue weighted by molar-refractivity contribution is 5.39. The Morgan fingerprint density at radius 1 is 1.32 bits per heavy atom. The summed E-state index contributed by atoms with van der Waals surface area (Å²) in [6, 6.07) is 13.1. The molecule has 2 aromatic rings. The zero-order valence-corrected chi connectivity index (χ0v) is 12.2. The highest BCUT2D eigenvalue weighted by atomic mass is 16.6. The van der Waals surface area contributed by atoms with Crippen molar-refractivity contribution < 1.29 is 4.92 Å². The van der Waals surface area contributed by atoms with E-state index in [0.717, 1.165) is 30.9 Å². The molecule has 2 heterocycles. The van der Waals surface area contributed by atoms with Gasteiger partial charge in [0.05, 0.1) is 4.92 Å². The van der Waals surface area contributed by atoms with E-state index in [9.17, 15) is 10.1 Å². The Labute approximate surface area is 128 Å². The first-order chi connectivity index (χ1) is 10.7. The van der Waals surface area contributed by atoms with Crippen molar-refractivity contribution >= 4 is 11.5 Å². The van der Waals surface area contributed by atoms with E-state index in [0.29, 0.717) is 12.6 Å². The Morgan fingerprint density at radius 2 is 2.23 bits per heavy atom. The van der Waals surface area contributed by atoms with Gasteiger partial charge in [0.25, 0.3) is 5.69 Å². The molecular formula is C16H18N4O2. The number of nitro benzene ring substituents is 1. The Hall–Kier alpha value is -2.47. The Morgan fingerprint density at radius 3 is 3.00 bits per heavy atom. The number of nitrogens with one attached hydrogen (secondary N) is 1. The second kappa shape index (κ2) is 6.53. The number of hydrogen-bond acceptors (Lipinski definition) is 5. The molecule has 0 spiro atoms. The van der Waals surface area contributed by atoms with E-state index in [1.165, 1.54) is 6.07 Å². The number of pyridine rings is 1. The summed E-state index contributed by atoms with van der Waals surface area (Å²) >= 11 is 0. The molecule has 1 aromatic carbocycles. The predicted octanol–water partition coefficient (Wildman–Crippen LogP) is 2.36. The van der Waals surface area contributed by atoms with Gasteiger partial charge in [0.2, 0.25) is 0 Å². The molecule has 0 bridgehead atoms. The fourth-order valence-electron chi connectivity index (χ4n) is 2.72. The second-order valence-electron chi connectivity index (χ2n) is 5.43. The summed E-state index contributed by atoms with van der Waals surface area (Å²) in [5.74, 6) is 1.00. The van der Waals surface area contributed by atoms with Crippen LogP contribution < -0.4 is 10.2 Å². The van der Waals surface area contributed by atoms with E-state index in [-0.39, 0.29) is 10.6 Å². The van der Waals surface area contributed by atoms with Gasteiger partial charge >= 0.3 is 0 Å². The van der Waals surface area contributed by atoms with Crippen LogP contribution in [0.15, 0.2) is 48.7 Å². The largest absolute Gasteiger partial charge is 0.355 e. The van der Waals surface area contributed by atoms with Crippen molar-refractivity contribution in [3.05, 3.63) is 64.3 Å². The molecule has 1 atom stereocenters. The van der Waals surface area contributed by atoms with Crippen LogP contribution in [0.25, 0.3) is 0 Å². The maximum Gasteiger partial charge on any atom is 0.269 e. The minimum atomic E-state index is -0.359. The molecule has 6 nitrogen and oxygen atoms in total. The molecule has 1 fully saturated rings. The first-order valence-electron chi connectivity index (χ1n) is 7.35. The molecule has 6 heteroatoms. The van der Waals surface area contributed by atoms with Crippen LogP contribution >= 0.6 is 0 Å². The van der Waals surface area contributed by atoms with Gasteiger partial charge in [-0.2, -0.15) is 0 Å². The van der Waals surface area contributed by atoms with Gasteiger partial charge in [-0.15, -0.1) is 0 Å². The van der Waals surface area contributed by atoms with Crippen LogP contribution in [0.3, 0.4) is 0 Å². The van der Waals surface area contributed by atoms with Crippen molar-refractivity contribution in [2.75, 3.05) is 18.0 Å². The number of nitrogens with zero attached hydrogens (tertiary/aromatic N) is 3. The number of nitro groups is 1. The number of hydrogen-bond donors (Lipinski definition) is 1. The lowest BCUT2D eigenvalue weighted by molar-refractivity contribution is -0.384. The molecule has 1 unspecified atom stereocenters. The summed E-state index contributed by atoms with van der Waals surface area (Å²) in [7, 11) is 0. The lowest BCUT2D eigenvalue weighted by Gasteiger charge is -2.17. The van der Waals surface area contributed by atoms with E-state index in [1.54, 1.807) is 18.3 Å². The first-order valence-corrected chi connectivity index (χ1v) is 7.35. The van der Waals surface area contributed by atoms with Crippen molar-refractivity contribution in [1.29, 1.82) is 0 Å². The summed E-state index contributed by atoms with van der Waals surface area (Å²) in [6.07, 6.45) is 2.85. The summed E-state index contributed by atoms with van der Waals surface area (Å²) in [5, 5.41) is 14.3. The molecule has 1 N–H and O–H groups in total. The molecule has 22 heavy (non-hydrogen) atoms. The predicted molar refractivity (Wildman–Crippen MR) is 84.8 cm³/mol. The Balaban J connectivity index is 1.55. The molecule has 0 radical (unpaired) electrons. The fraction of sp³-hybridized carbons (Fsp3) is 0.312. The zero-order chi connectivity index (χ0) is 15.4. The number of non-ortho nitro benzene ring substituents is 1. The van der Waals surface area contributed by atoms with Crippen molar-refractivity contribution in [1.82, 2.24) is 10.3 Å². The Kier molecular flexibility index (Phi) is 4.29. The van der Waals surface area contributed by atoms with Crippen LogP contribution in [0, 0.1) is 10.1 Å². The number of rotatable bonds is 5. The third-order valence-electron chi connectivity index (χ3n) is 3.88. The van der Waals surface area contributed by atoms with Gasteiger partial charge in [-0.25, -0.2) is 4.98 Å². The molecular weight excluding hydrogens is 280 g/mol. The molecule has 1 aliphatic heterocycles. The number of anilines is 1. The monoisotopic (exact) mass is 298 g/mol. The average molecular weight is 298 g/mol.